The Morgan fingerprint density at radius 3 is 2.46 bits per heavy atom. The van der Waals surface area contributed by atoms with E-state index in [1.165, 1.54) is 0 Å². The smallest absolute Gasteiger partial charge is 0.331 e. The van der Waals surface area contributed by atoms with Crippen LogP contribution < -0.4 is 10.1 Å². The van der Waals surface area contributed by atoms with E-state index in [4.69, 9.17) is 21.4 Å². The molecule has 0 radical (unpaired) electrons. The van der Waals surface area contributed by atoms with Crippen molar-refractivity contribution in [2.75, 3.05) is 18.5 Å². The Hall–Kier alpha value is -2.46. The number of anilines is 1. The first-order valence-electron chi connectivity index (χ1n) is 7.68. The van der Waals surface area contributed by atoms with E-state index in [2.05, 4.69) is 5.32 Å². The fourth-order valence-electron chi connectivity index (χ4n) is 2.03. The van der Waals surface area contributed by atoms with E-state index in [-0.39, 0.29) is 0 Å². The molecule has 24 heavy (non-hydrogen) atoms. The van der Waals surface area contributed by atoms with Gasteiger partial charge in [-0.3, -0.25) is 0 Å². The van der Waals surface area contributed by atoms with Crippen molar-refractivity contribution < 1.29 is 14.6 Å². The Labute approximate surface area is 146 Å². The standard InChI is InChI=1S/C19H20ClNO3/c1-14(19(22)23)13-15-3-9-18(10-4-15)24-12-2-11-21-17-7-5-16(20)6-8-17/h3-10,13,21H,2,11-12H2,1H3,(H,22,23). The van der Waals surface area contributed by atoms with Crippen LogP contribution in [0.1, 0.15) is 18.9 Å². The van der Waals surface area contributed by atoms with Gasteiger partial charge in [-0.25, -0.2) is 4.79 Å². The van der Waals surface area contributed by atoms with E-state index in [1.807, 2.05) is 48.5 Å². The molecular formula is C19H20ClNO3. The van der Waals surface area contributed by atoms with Crippen LogP contribution in [0.2, 0.25) is 5.02 Å². The summed E-state index contributed by atoms with van der Waals surface area (Å²) in [6.45, 7) is 2.98. The van der Waals surface area contributed by atoms with Gasteiger partial charge >= 0.3 is 5.97 Å². The number of halogens is 1. The van der Waals surface area contributed by atoms with E-state index in [0.717, 1.165) is 35.0 Å². The lowest BCUT2D eigenvalue weighted by Crippen LogP contribution is -2.07. The molecule has 2 aromatic carbocycles. The molecule has 0 aliphatic carbocycles. The second kappa shape index (κ2) is 8.99. The molecule has 0 bridgehead atoms. The monoisotopic (exact) mass is 345 g/mol. The van der Waals surface area contributed by atoms with Crippen LogP contribution in [0.5, 0.6) is 5.75 Å². The van der Waals surface area contributed by atoms with E-state index in [9.17, 15) is 4.79 Å². The SMILES string of the molecule is CC(=Cc1ccc(OCCCNc2ccc(Cl)cc2)cc1)C(=O)O. The number of ether oxygens (including phenoxy) is 1. The van der Waals surface area contributed by atoms with Crippen molar-refractivity contribution >= 4 is 29.3 Å². The second-order valence-corrected chi connectivity index (χ2v) is 5.77. The van der Waals surface area contributed by atoms with Crippen molar-refractivity contribution in [3.05, 3.63) is 64.7 Å². The number of carboxylic acid groups (broad SMARTS) is 1. The predicted octanol–water partition coefficient (Wildman–Crippen LogP) is 4.71. The summed E-state index contributed by atoms with van der Waals surface area (Å²) >= 11 is 5.84. The molecule has 5 heteroatoms. The number of rotatable bonds is 8. The van der Waals surface area contributed by atoms with Gasteiger partial charge in [0.2, 0.25) is 0 Å². The molecule has 0 unspecified atom stereocenters. The zero-order valence-corrected chi connectivity index (χ0v) is 14.2. The number of hydrogen-bond donors (Lipinski definition) is 2. The normalized spacial score (nSPS) is 11.2. The highest BCUT2D eigenvalue weighted by atomic mass is 35.5. The summed E-state index contributed by atoms with van der Waals surface area (Å²) in [5, 5.41) is 12.9. The average molecular weight is 346 g/mol. The zero-order chi connectivity index (χ0) is 17.4. The molecule has 0 amide bonds. The number of carbonyl (C=O) groups is 1. The van der Waals surface area contributed by atoms with Gasteiger partial charge in [0.25, 0.3) is 0 Å². The Bertz CT molecular complexity index is 694. The van der Waals surface area contributed by atoms with E-state index < -0.39 is 5.97 Å². The molecule has 0 fully saturated rings. The number of benzene rings is 2. The summed E-state index contributed by atoms with van der Waals surface area (Å²) in [4.78, 5) is 10.8. The minimum absolute atomic E-state index is 0.303. The number of nitrogens with one attached hydrogen (secondary N) is 1. The van der Waals surface area contributed by atoms with E-state index in [0.29, 0.717) is 12.2 Å². The summed E-state index contributed by atoms with van der Waals surface area (Å²) in [5.41, 5.74) is 2.17. The fourth-order valence-corrected chi connectivity index (χ4v) is 2.16. The van der Waals surface area contributed by atoms with E-state index >= 15 is 0 Å². The minimum atomic E-state index is -0.913. The Kier molecular flexibility index (Phi) is 6.70. The van der Waals surface area contributed by atoms with Crippen LogP contribution in [-0.4, -0.2) is 24.2 Å². The first-order valence-corrected chi connectivity index (χ1v) is 8.06. The van der Waals surface area contributed by atoms with Gasteiger partial charge in [-0.05, 0) is 61.4 Å². The summed E-state index contributed by atoms with van der Waals surface area (Å²) in [5.74, 6) is -0.143. The summed E-state index contributed by atoms with van der Waals surface area (Å²) in [6, 6.07) is 14.9. The topological polar surface area (TPSA) is 58.6 Å². The predicted molar refractivity (Wildman–Crippen MR) is 97.8 cm³/mol. The molecule has 0 aliphatic rings. The Balaban J connectivity index is 1.71. The minimum Gasteiger partial charge on any atom is -0.494 e. The lowest BCUT2D eigenvalue weighted by molar-refractivity contribution is -0.132. The molecule has 2 aromatic rings. The quantitative estimate of drug-likeness (QED) is 0.537. The maximum atomic E-state index is 10.8. The highest BCUT2D eigenvalue weighted by molar-refractivity contribution is 6.30. The van der Waals surface area contributed by atoms with Crippen molar-refractivity contribution in [3.63, 3.8) is 0 Å². The third-order valence-corrected chi connectivity index (χ3v) is 3.62. The number of aliphatic carboxylic acids is 1. The van der Waals surface area contributed by atoms with Gasteiger partial charge in [-0.2, -0.15) is 0 Å². The van der Waals surface area contributed by atoms with Crippen molar-refractivity contribution in [2.45, 2.75) is 13.3 Å². The van der Waals surface area contributed by atoms with Gasteiger partial charge in [-0.1, -0.05) is 23.7 Å². The van der Waals surface area contributed by atoms with Crippen LogP contribution in [0.4, 0.5) is 5.69 Å². The lowest BCUT2D eigenvalue weighted by Gasteiger charge is -2.08. The van der Waals surface area contributed by atoms with Crippen LogP contribution in [0, 0.1) is 0 Å². The summed E-state index contributed by atoms with van der Waals surface area (Å²) in [6.07, 6.45) is 2.49. The highest BCUT2D eigenvalue weighted by Gasteiger charge is 2.00. The highest BCUT2D eigenvalue weighted by Crippen LogP contribution is 2.15. The van der Waals surface area contributed by atoms with Crippen molar-refractivity contribution in [3.8, 4) is 5.75 Å². The average Bonchev–Trinajstić information content (AvgIpc) is 2.57. The number of hydrogen-bond acceptors (Lipinski definition) is 3. The maximum Gasteiger partial charge on any atom is 0.331 e. The van der Waals surface area contributed by atoms with Gasteiger partial charge in [-0.15, -0.1) is 0 Å². The Morgan fingerprint density at radius 2 is 1.83 bits per heavy atom. The molecule has 4 nitrogen and oxygen atoms in total. The maximum absolute atomic E-state index is 10.8. The van der Waals surface area contributed by atoms with Crippen LogP contribution in [0.3, 0.4) is 0 Å². The van der Waals surface area contributed by atoms with Crippen LogP contribution in [-0.2, 0) is 4.79 Å². The van der Waals surface area contributed by atoms with Gasteiger partial charge in [0.1, 0.15) is 5.75 Å². The molecule has 0 saturated heterocycles. The molecule has 0 aromatic heterocycles. The molecular weight excluding hydrogens is 326 g/mol. The summed E-state index contributed by atoms with van der Waals surface area (Å²) < 4.78 is 5.67. The molecule has 126 valence electrons. The van der Waals surface area contributed by atoms with Gasteiger partial charge < -0.3 is 15.2 Å². The number of carboxylic acids is 1. The molecule has 0 saturated carbocycles. The largest absolute Gasteiger partial charge is 0.494 e. The van der Waals surface area contributed by atoms with Crippen molar-refractivity contribution in [1.29, 1.82) is 0 Å². The van der Waals surface area contributed by atoms with Gasteiger partial charge in [0, 0.05) is 22.8 Å². The summed E-state index contributed by atoms with van der Waals surface area (Å²) in [7, 11) is 0. The molecule has 0 spiro atoms. The second-order valence-electron chi connectivity index (χ2n) is 5.34. The first-order chi connectivity index (χ1) is 11.5. The first kappa shape index (κ1) is 17.9. The molecule has 0 aliphatic heterocycles. The molecule has 0 atom stereocenters. The zero-order valence-electron chi connectivity index (χ0n) is 13.5. The van der Waals surface area contributed by atoms with Crippen LogP contribution in [0.15, 0.2) is 54.1 Å². The van der Waals surface area contributed by atoms with Crippen molar-refractivity contribution in [2.24, 2.45) is 0 Å². The Morgan fingerprint density at radius 1 is 1.17 bits per heavy atom. The third kappa shape index (κ3) is 5.97. The lowest BCUT2D eigenvalue weighted by atomic mass is 10.1. The molecule has 2 N–H and O–H groups in total. The fraction of sp³-hybridized carbons (Fsp3) is 0.211. The van der Waals surface area contributed by atoms with Crippen LogP contribution in [0.25, 0.3) is 6.08 Å². The van der Waals surface area contributed by atoms with E-state index in [1.54, 1.807) is 13.0 Å². The van der Waals surface area contributed by atoms with Crippen LogP contribution >= 0.6 is 11.6 Å². The van der Waals surface area contributed by atoms with Gasteiger partial charge in [0.15, 0.2) is 0 Å². The molecule has 0 heterocycles. The third-order valence-electron chi connectivity index (χ3n) is 3.36. The van der Waals surface area contributed by atoms with Gasteiger partial charge in [0.05, 0.1) is 6.61 Å². The van der Waals surface area contributed by atoms with Crippen molar-refractivity contribution in [1.82, 2.24) is 0 Å². The molecule has 2 rings (SSSR count).